The first-order valence-electron chi connectivity index (χ1n) is 6.45. The molecule has 0 radical (unpaired) electrons. The number of aryl methyl sites for hydroxylation is 2. The third-order valence-electron chi connectivity index (χ3n) is 3.41. The molecular weight excluding hydrogens is 208 g/mol. The third-order valence-corrected chi connectivity index (χ3v) is 3.41. The Balaban J connectivity index is 2.34. The SMILES string of the molecule is CCN(CC)Cc1cc2cc(C)cc(C)c2[nH]1. The van der Waals surface area contributed by atoms with Crippen molar-refractivity contribution >= 4 is 10.9 Å². The lowest BCUT2D eigenvalue weighted by Gasteiger charge is -2.16. The van der Waals surface area contributed by atoms with E-state index in [1.54, 1.807) is 0 Å². The van der Waals surface area contributed by atoms with Crippen LogP contribution in [-0.2, 0) is 6.54 Å². The highest BCUT2D eigenvalue weighted by Crippen LogP contribution is 2.21. The summed E-state index contributed by atoms with van der Waals surface area (Å²) in [7, 11) is 0. The molecule has 0 atom stereocenters. The lowest BCUT2D eigenvalue weighted by molar-refractivity contribution is 0.293. The number of H-pyrrole nitrogens is 1. The molecule has 2 rings (SSSR count). The molecule has 0 aliphatic heterocycles. The Morgan fingerprint density at radius 1 is 1.06 bits per heavy atom. The third kappa shape index (κ3) is 2.52. The number of nitrogens with zero attached hydrogens (tertiary/aromatic N) is 1. The molecule has 92 valence electrons. The zero-order valence-electron chi connectivity index (χ0n) is 11.3. The van der Waals surface area contributed by atoms with Gasteiger partial charge in [0, 0.05) is 23.1 Å². The monoisotopic (exact) mass is 230 g/mol. The first kappa shape index (κ1) is 12.2. The van der Waals surface area contributed by atoms with Crippen LogP contribution in [-0.4, -0.2) is 23.0 Å². The highest BCUT2D eigenvalue weighted by atomic mass is 15.1. The molecule has 0 saturated heterocycles. The fraction of sp³-hybridized carbons (Fsp3) is 0.467. The summed E-state index contributed by atoms with van der Waals surface area (Å²) in [6.45, 7) is 12.0. The van der Waals surface area contributed by atoms with E-state index in [9.17, 15) is 0 Å². The van der Waals surface area contributed by atoms with Crippen LogP contribution in [0.4, 0.5) is 0 Å². The van der Waals surface area contributed by atoms with Gasteiger partial charge in [0.15, 0.2) is 0 Å². The summed E-state index contributed by atoms with van der Waals surface area (Å²) in [5.74, 6) is 0. The van der Waals surface area contributed by atoms with Crippen LogP contribution in [0.1, 0.15) is 30.7 Å². The van der Waals surface area contributed by atoms with Gasteiger partial charge in [-0.1, -0.05) is 25.5 Å². The largest absolute Gasteiger partial charge is 0.357 e. The Kier molecular flexibility index (Phi) is 3.53. The van der Waals surface area contributed by atoms with Crippen molar-refractivity contribution in [2.24, 2.45) is 0 Å². The van der Waals surface area contributed by atoms with Gasteiger partial charge in [-0.3, -0.25) is 4.90 Å². The summed E-state index contributed by atoms with van der Waals surface area (Å²) in [6.07, 6.45) is 0. The van der Waals surface area contributed by atoms with Crippen molar-refractivity contribution in [2.45, 2.75) is 34.2 Å². The van der Waals surface area contributed by atoms with Crippen LogP contribution in [0.25, 0.3) is 10.9 Å². The molecular formula is C15H22N2. The molecule has 0 aliphatic carbocycles. The number of aromatic nitrogens is 1. The minimum atomic E-state index is 1.01. The van der Waals surface area contributed by atoms with Crippen LogP contribution < -0.4 is 0 Å². The van der Waals surface area contributed by atoms with Crippen LogP contribution in [0.2, 0.25) is 0 Å². The minimum Gasteiger partial charge on any atom is -0.357 e. The van der Waals surface area contributed by atoms with Gasteiger partial charge in [0.05, 0.1) is 0 Å². The Morgan fingerprint density at radius 3 is 2.41 bits per heavy atom. The van der Waals surface area contributed by atoms with Crippen molar-refractivity contribution < 1.29 is 0 Å². The van der Waals surface area contributed by atoms with Crippen LogP contribution in [0.3, 0.4) is 0 Å². The van der Waals surface area contributed by atoms with E-state index in [0.29, 0.717) is 0 Å². The first-order chi connectivity index (χ1) is 8.13. The summed E-state index contributed by atoms with van der Waals surface area (Å²) < 4.78 is 0. The molecule has 0 bridgehead atoms. The molecule has 17 heavy (non-hydrogen) atoms. The van der Waals surface area contributed by atoms with Crippen LogP contribution >= 0.6 is 0 Å². The second-order valence-electron chi connectivity index (χ2n) is 4.80. The highest BCUT2D eigenvalue weighted by molar-refractivity contribution is 5.84. The van der Waals surface area contributed by atoms with Crippen LogP contribution in [0.15, 0.2) is 18.2 Å². The average Bonchev–Trinajstić information content (AvgIpc) is 2.68. The quantitative estimate of drug-likeness (QED) is 0.850. The summed E-state index contributed by atoms with van der Waals surface area (Å²) >= 11 is 0. The molecule has 1 aromatic heterocycles. The topological polar surface area (TPSA) is 19.0 Å². The fourth-order valence-corrected chi connectivity index (χ4v) is 2.44. The van der Waals surface area contributed by atoms with Gasteiger partial charge in [-0.2, -0.15) is 0 Å². The lowest BCUT2D eigenvalue weighted by Crippen LogP contribution is -2.22. The Morgan fingerprint density at radius 2 is 1.76 bits per heavy atom. The van der Waals surface area contributed by atoms with E-state index in [4.69, 9.17) is 0 Å². The smallest absolute Gasteiger partial charge is 0.0486 e. The Bertz CT molecular complexity index is 507. The van der Waals surface area contributed by atoms with Crippen molar-refractivity contribution in [3.8, 4) is 0 Å². The van der Waals surface area contributed by atoms with E-state index >= 15 is 0 Å². The predicted molar refractivity (Wildman–Crippen MR) is 74.4 cm³/mol. The summed E-state index contributed by atoms with van der Waals surface area (Å²) in [6, 6.07) is 6.78. The maximum absolute atomic E-state index is 3.55. The van der Waals surface area contributed by atoms with Gasteiger partial charge >= 0.3 is 0 Å². The van der Waals surface area contributed by atoms with Gasteiger partial charge in [-0.15, -0.1) is 0 Å². The zero-order chi connectivity index (χ0) is 12.4. The minimum absolute atomic E-state index is 1.01. The van der Waals surface area contributed by atoms with Gasteiger partial charge in [0.1, 0.15) is 0 Å². The Labute approximate surface area is 104 Å². The van der Waals surface area contributed by atoms with Gasteiger partial charge in [0.2, 0.25) is 0 Å². The van der Waals surface area contributed by atoms with E-state index in [2.05, 4.69) is 55.8 Å². The number of benzene rings is 1. The number of rotatable bonds is 4. The molecule has 2 nitrogen and oxygen atoms in total. The second kappa shape index (κ2) is 4.92. The number of aromatic amines is 1. The molecule has 0 aliphatic rings. The van der Waals surface area contributed by atoms with Crippen LogP contribution in [0, 0.1) is 13.8 Å². The molecule has 0 saturated carbocycles. The molecule has 1 aromatic carbocycles. The van der Waals surface area contributed by atoms with E-state index in [-0.39, 0.29) is 0 Å². The fourth-order valence-electron chi connectivity index (χ4n) is 2.44. The molecule has 0 amide bonds. The molecule has 0 spiro atoms. The van der Waals surface area contributed by atoms with E-state index < -0.39 is 0 Å². The molecule has 0 unspecified atom stereocenters. The van der Waals surface area contributed by atoms with E-state index in [0.717, 1.165) is 19.6 Å². The van der Waals surface area contributed by atoms with Gasteiger partial charge in [-0.05, 0) is 44.6 Å². The average molecular weight is 230 g/mol. The maximum Gasteiger partial charge on any atom is 0.0486 e. The highest BCUT2D eigenvalue weighted by Gasteiger charge is 2.06. The van der Waals surface area contributed by atoms with E-state index in [1.165, 1.54) is 27.7 Å². The van der Waals surface area contributed by atoms with Crippen molar-refractivity contribution in [2.75, 3.05) is 13.1 Å². The summed E-state index contributed by atoms with van der Waals surface area (Å²) in [5, 5.41) is 1.34. The van der Waals surface area contributed by atoms with Crippen molar-refractivity contribution in [3.63, 3.8) is 0 Å². The number of fused-ring (bicyclic) bond motifs is 1. The second-order valence-corrected chi connectivity index (χ2v) is 4.80. The maximum atomic E-state index is 3.55. The van der Waals surface area contributed by atoms with Crippen molar-refractivity contribution in [3.05, 3.63) is 35.0 Å². The molecule has 1 N–H and O–H groups in total. The van der Waals surface area contributed by atoms with Crippen molar-refractivity contribution in [1.29, 1.82) is 0 Å². The molecule has 2 aromatic rings. The summed E-state index contributed by atoms with van der Waals surface area (Å²) in [4.78, 5) is 5.97. The van der Waals surface area contributed by atoms with Gasteiger partial charge in [-0.25, -0.2) is 0 Å². The zero-order valence-corrected chi connectivity index (χ0v) is 11.3. The lowest BCUT2D eigenvalue weighted by atomic mass is 10.1. The molecule has 1 heterocycles. The predicted octanol–water partition coefficient (Wildman–Crippen LogP) is 3.63. The van der Waals surface area contributed by atoms with Crippen LogP contribution in [0.5, 0.6) is 0 Å². The van der Waals surface area contributed by atoms with Crippen molar-refractivity contribution in [1.82, 2.24) is 9.88 Å². The summed E-state index contributed by atoms with van der Waals surface area (Å²) in [5.41, 5.74) is 5.28. The number of hydrogen-bond donors (Lipinski definition) is 1. The Hall–Kier alpha value is -1.28. The standard InChI is InChI=1S/C15H22N2/c1-5-17(6-2)10-14-9-13-8-11(3)7-12(4)15(13)16-14/h7-9,16H,5-6,10H2,1-4H3. The first-order valence-corrected chi connectivity index (χ1v) is 6.45. The van der Waals surface area contributed by atoms with Gasteiger partial charge in [0.25, 0.3) is 0 Å². The van der Waals surface area contributed by atoms with Gasteiger partial charge < -0.3 is 4.98 Å². The molecule has 0 fully saturated rings. The molecule has 2 heteroatoms. The normalized spacial score (nSPS) is 11.6. The number of hydrogen-bond acceptors (Lipinski definition) is 1. The number of nitrogens with one attached hydrogen (secondary N) is 1. The van der Waals surface area contributed by atoms with E-state index in [1.807, 2.05) is 0 Å².